The van der Waals surface area contributed by atoms with Gasteiger partial charge in [-0.25, -0.2) is 0 Å². The summed E-state index contributed by atoms with van der Waals surface area (Å²) >= 11 is 5.84. The van der Waals surface area contributed by atoms with E-state index in [1.807, 2.05) is 30.3 Å². The highest BCUT2D eigenvalue weighted by Gasteiger charge is 2.05. The van der Waals surface area contributed by atoms with Crippen LogP contribution in [0, 0.1) is 11.3 Å². The third kappa shape index (κ3) is 6.15. The number of benzene rings is 2. The molecule has 0 aliphatic rings. The summed E-state index contributed by atoms with van der Waals surface area (Å²) in [6.45, 7) is 0.483. The van der Waals surface area contributed by atoms with Crippen LogP contribution in [0.5, 0.6) is 11.5 Å². The molecule has 0 heterocycles. The molecule has 1 amide bonds. The zero-order chi connectivity index (χ0) is 18.8. The Morgan fingerprint density at radius 3 is 2.69 bits per heavy atom. The van der Waals surface area contributed by atoms with Crippen LogP contribution in [0.2, 0.25) is 5.02 Å². The van der Waals surface area contributed by atoms with E-state index in [2.05, 4.69) is 5.32 Å². The largest absolute Gasteiger partial charge is 0.493 e. The topological polar surface area (TPSA) is 71.3 Å². The molecule has 2 rings (SSSR count). The van der Waals surface area contributed by atoms with Crippen LogP contribution < -0.4 is 14.8 Å². The van der Waals surface area contributed by atoms with Gasteiger partial charge in [-0.05, 0) is 47.9 Å². The van der Waals surface area contributed by atoms with Crippen LogP contribution in [0.1, 0.15) is 11.1 Å². The van der Waals surface area contributed by atoms with Crippen LogP contribution in [0.15, 0.2) is 48.5 Å². The molecule has 0 atom stereocenters. The van der Waals surface area contributed by atoms with Crippen molar-refractivity contribution in [1.29, 1.82) is 5.26 Å². The van der Waals surface area contributed by atoms with Gasteiger partial charge < -0.3 is 14.8 Å². The average molecular weight is 371 g/mol. The molecule has 0 aliphatic carbocycles. The third-order valence-electron chi connectivity index (χ3n) is 3.53. The van der Waals surface area contributed by atoms with E-state index in [1.165, 1.54) is 13.2 Å². The van der Waals surface area contributed by atoms with Crippen molar-refractivity contribution >= 4 is 23.6 Å². The first-order chi connectivity index (χ1) is 12.6. The number of hydrogen-bond acceptors (Lipinski definition) is 4. The van der Waals surface area contributed by atoms with E-state index in [-0.39, 0.29) is 12.5 Å². The summed E-state index contributed by atoms with van der Waals surface area (Å²) in [5.74, 6) is 0.812. The van der Waals surface area contributed by atoms with E-state index < -0.39 is 0 Å². The van der Waals surface area contributed by atoms with Crippen molar-refractivity contribution in [1.82, 2.24) is 5.32 Å². The van der Waals surface area contributed by atoms with E-state index in [1.54, 1.807) is 24.3 Å². The molecule has 0 radical (unpaired) electrons. The number of nitriles is 1. The second kappa shape index (κ2) is 10.1. The Morgan fingerprint density at radius 1 is 1.23 bits per heavy atom. The predicted molar refractivity (Wildman–Crippen MR) is 101 cm³/mol. The number of halogens is 1. The van der Waals surface area contributed by atoms with Crippen molar-refractivity contribution in [2.75, 3.05) is 20.3 Å². The maximum absolute atomic E-state index is 11.9. The molecule has 0 aliphatic heterocycles. The number of nitrogens with one attached hydrogen (secondary N) is 1. The molecule has 0 aromatic heterocycles. The molecule has 0 saturated heterocycles. The smallest absolute Gasteiger partial charge is 0.244 e. The Kier molecular flexibility index (Phi) is 7.53. The first kappa shape index (κ1) is 19.4. The molecular formula is C20H19ClN2O3. The highest BCUT2D eigenvalue weighted by molar-refractivity contribution is 6.30. The van der Waals surface area contributed by atoms with Gasteiger partial charge in [-0.3, -0.25) is 4.79 Å². The Bertz CT molecular complexity index is 811. The molecule has 26 heavy (non-hydrogen) atoms. The summed E-state index contributed by atoms with van der Waals surface area (Å²) in [5, 5.41) is 12.1. The first-order valence-electron chi connectivity index (χ1n) is 8.00. The highest BCUT2D eigenvalue weighted by Crippen LogP contribution is 2.28. The molecule has 0 fully saturated rings. The standard InChI is InChI=1S/C20H19ClN2O3/c1-25-19-14-16(4-8-18(19)26-13-11-22)5-9-20(24)23-12-10-15-2-6-17(21)7-3-15/h2-9,14H,10,12-13H2,1H3,(H,23,24). The third-order valence-corrected chi connectivity index (χ3v) is 3.79. The number of nitrogens with zero attached hydrogens (tertiary/aromatic N) is 1. The van der Waals surface area contributed by atoms with Crippen molar-refractivity contribution in [3.8, 4) is 17.6 Å². The number of carbonyl (C=O) groups excluding carboxylic acids is 1. The second-order valence-corrected chi connectivity index (χ2v) is 5.79. The van der Waals surface area contributed by atoms with Gasteiger partial charge in [0.1, 0.15) is 6.07 Å². The monoisotopic (exact) mass is 370 g/mol. The number of amides is 1. The van der Waals surface area contributed by atoms with Gasteiger partial charge >= 0.3 is 0 Å². The fourth-order valence-electron chi connectivity index (χ4n) is 2.23. The van der Waals surface area contributed by atoms with E-state index in [4.69, 9.17) is 26.3 Å². The van der Waals surface area contributed by atoms with Crippen molar-refractivity contribution in [2.24, 2.45) is 0 Å². The lowest BCUT2D eigenvalue weighted by atomic mass is 10.1. The molecule has 134 valence electrons. The van der Waals surface area contributed by atoms with Crippen LogP contribution in [0.4, 0.5) is 0 Å². The molecule has 6 heteroatoms. The van der Waals surface area contributed by atoms with E-state index in [0.29, 0.717) is 23.1 Å². The molecule has 0 saturated carbocycles. The summed E-state index contributed by atoms with van der Waals surface area (Å²) in [6, 6.07) is 14.7. The van der Waals surface area contributed by atoms with Gasteiger partial charge in [0.25, 0.3) is 0 Å². The van der Waals surface area contributed by atoms with Crippen LogP contribution in [-0.2, 0) is 11.2 Å². The maximum Gasteiger partial charge on any atom is 0.244 e. The average Bonchev–Trinajstić information content (AvgIpc) is 2.66. The maximum atomic E-state index is 11.9. The Morgan fingerprint density at radius 2 is 2.00 bits per heavy atom. The van der Waals surface area contributed by atoms with Gasteiger partial charge in [-0.2, -0.15) is 5.26 Å². The van der Waals surface area contributed by atoms with Gasteiger partial charge in [0.05, 0.1) is 7.11 Å². The Balaban J connectivity index is 1.86. The van der Waals surface area contributed by atoms with Crippen molar-refractivity contribution < 1.29 is 14.3 Å². The number of rotatable bonds is 8. The molecular weight excluding hydrogens is 352 g/mol. The lowest BCUT2D eigenvalue weighted by molar-refractivity contribution is -0.116. The van der Waals surface area contributed by atoms with E-state index in [9.17, 15) is 4.79 Å². The second-order valence-electron chi connectivity index (χ2n) is 5.36. The van der Waals surface area contributed by atoms with Crippen molar-refractivity contribution in [2.45, 2.75) is 6.42 Å². The van der Waals surface area contributed by atoms with Gasteiger partial charge in [0, 0.05) is 17.6 Å². The molecule has 0 spiro atoms. The summed E-state index contributed by atoms with van der Waals surface area (Å²) in [7, 11) is 1.52. The zero-order valence-corrected chi connectivity index (χ0v) is 15.1. The van der Waals surface area contributed by atoms with E-state index >= 15 is 0 Å². The Labute approximate surface area is 157 Å². The lowest BCUT2D eigenvalue weighted by Crippen LogP contribution is -2.23. The van der Waals surface area contributed by atoms with Gasteiger partial charge in [-0.15, -0.1) is 0 Å². The number of carbonyl (C=O) groups is 1. The molecule has 2 aromatic carbocycles. The quantitative estimate of drug-likeness (QED) is 0.720. The van der Waals surface area contributed by atoms with Crippen LogP contribution in [0.25, 0.3) is 6.08 Å². The van der Waals surface area contributed by atoms with Crippen LogP contribution in [-0.4, -0.2) is 26.2 Å². The summed E-state index contributed by atoms with van der Waals surface area (Å²) in [6.07, 6.45) is 3.89. The SMILES string of the molecule is COc1cc(C=CC(=O)NCCc2ccc(Cl)cc2)ccc1OCC#N. The molecule has 5 nitrogen and oxygen atoms in total. The van der Waals surface area contributed by atoms with Gasteiger partial charge in [-0.1, -0.05) is 29.8 Å². The summed E-state index contributed by atoms with van der Waals surface area (Å²) in [5.41, 5.74) is 1.90. The van der Waals surface area contributed by atoms with Crippen LogP contribution >= 0.6 is 11.6 Å². The van der Waals surface area contributed by atoms with Crippen molar-refractivity contribution in [3.05, 3.63) is 64.7 Å². The van der Waals surface area contributed by atoms with Crippen molar-refractivity contribution in [3.63, 3.8) is 0 Å². The van der Waals surface area contributed by atoms with Gasteiger partial charge in [0.2, 0.25) is 5.91 Å². The van der Waals surface area contributed by atoms with Crippen LogP contribution in [0.3, 0.4) is 0 Å². The lowest BCUT2D eigenvalue weighted by Gasteiger charge is -2.08. The Hall–Kier alpha value is -2.97. The molecule has 2 aromatic rings. The number of ether oxygens (including phenoxy) is 2. The zero-order valence-electron chi connectivity index (χ0n) is 14.4. The van der Waals surface area contributed by atoms with Gasteiger partial charge in [0.15, 0.2) is 18.1 Å². The normalized spacial score (nSPS) is 10.3. The number of methoxy groups -OCH3 is 1. The fraction of sp³-hybridized carbons (Fsp3) is 0.200. The highest BCUT2D eigenvalue weighted by atomic mass is 35.5. The summed E-state index contributed by atoms with van der Waals surface area (Å²) in [4.78, 5) is 11.9. The van der Waals surface area contributed by atoms with E-state index in [0.717, 1.165) is 17.5 Å². The number of hydrogen-bond donors (Lipinski definition) is 1. The molecule has 0 unspecified atom stereocenters. The minimum absolute atomic E-state index is 0.0540. The first-order valence-corrected chi connectivity index (χ1v) is 8.38. The molecule has 0 bridgehead atoms. The fourth-order valence-corrected chi connectivity index (χ4v) is 2.36. The minimum atomic E-state index is -0.178. The molecule has 1 N–H and O–H groups in total. The minimum Gasteiger partial charge on any atom is -0.493 e. The predicted octanol–water partition coefficient (Wildman–Crippen LogP) is 3.62. The summed E-state index contributed by atoms with van der Waals surface area (Å²) < 4.78 is 10.5.